The third kappa shape index (κ3) is 2.94. The van der Waals surface area contributed by atoms with Gasteiger partial charge in [-0.25, -0.2) is 15.0 Å². The summed E-state index contributed by atoms with van der Waals surface area (Å²) in [6.07, 6.45) is 0. The molecule has 0 aliphatic rings. The van der Waals surface area contributed by atoms with E-state index in [1.807, 2.05) is 0 Å². The van der Waals surface area contributed by atoms with E-state index in [-0.39, 0.29) is 34.8 Å². The fourth-order valence-corrected chi connectivity index (χ4v) is 2.12. The average molecular weight is 334 g/mol. The van der Waals surface area contributed by atoms with E-state index < -0.39 is 5.91 Å². The van der Waals surface area contributed by atoms with Gasteiger partial charge in [-0.05, 0) is 12.1 Å². The standard InChI is InChI=1S/C13H12ClN7O2/c14-10-12(16)21-11(15)9(20-10)13(23)17-4-8-18-6-2-1-5(22)3-7(6)19-8/h1-3,22H,4H2,(H,17,23)(H,18,19)(H4,15,16,21). The number of anilines is 2. The predicted octanol–water partition coefficient (Wildman–Crippen LogP) is 0.806. The number of rotatable bonds is 3. The van der Waals surface area contributed by atoms with Crippen molar-refractivity contribution in [3.05, 3.63) is 34.9 Å². The van der Waals surface area contributed by atoms with E-state index in [4.69, 9.17) is 23.1 Å². The quantitative estimate of drug-likeness (QED) is 0.474. The molecule has 0 aliphatic heterocycles. The smallest absolute Gasteiger partial charge is 0.274 e. The number of halogens is 1. The number of hydrogen-bond donors (Lipinski definition) is 5. The Balaban J connectivity index is 1.76. The number of aromatic amines is 1. The van der Waals surface area contributed by atoms with E-state index in [1.54, 1.807) is 6.07 Å². The molecule has 23 heavy (non-hydrogen) atoms. The summed E-state index contributed by atoms with van der Waals surface area (Å²) in [5.74, 6) is -0.0831. The molecule has 9 nitrogen and oxygen atoms in total. The van der Waals surface area contributed by atoms with Crippen LogP contribution in [-0.4, -0.2) is 30.9 Å². The summed E-state index contributed by atoms with van der Waals surface area (Å²) >= 11 is 5.74. The highest BCUT2D eigenvalue weighted by atomic mass is 35.5. The van der Waals surface area contributed by atoms with Crippen LogP contribution in [0, 0.1) is 0 Å². The molecule has 2 heterocycles. The number of nitrogen functional groups attached to an aromatic ring is 2. The number of phenols is 1. The van der Waals surface area contributed by atoms with Crippen molar-refractivity contribution in [2.45, 2.75) is 6.54 Å². The second-order valence-corrected chi connectivity index (χ2v) is 5.06. The van der Waals surface area contributed by atoms with Crippen LogP contribution in [0.5, 0.6) is 5.75 Å². The van der Waals surface area contributed by atoms with Gasteiger partial charge in [0.1, 0.15) is 11.6 Å². The molecule has 0 bridgehead atoms. The topological polar surface area (TPSA) is 156 Å². The number of phenolic OH excluding ortho intramolecular Hbond substituents is 1. The number of hydrogen-bond acceptors (Lipinski definition) is 7. The van der Waals surface area contributed by atoms with Crippen molar-refractivity contribution < 1.29 is 9.90 Å². The van der Waals surface area contributed by atoms with Gasteiger partial charge < -0.3 is 26.9 Å². The summed E-state index contributed by atoms with van der Waals surface area (Å²) < 4.78 is 0. The van der Waals surface area contributed by atoms with Gasteiger partial charge in [0.2, 0.25) is 0 Å². The Bertz CT molecular complexity index is 909. The predicted molar refractivity (Wildman–Crippen MR) is 84.8 cm³/mol. The SMILES string of the molecule is Nc1nc(N)c(C(=O)NCc2nc3ccc(O)cc3[nH]2)nc1Cl. The molecule has 0 saturated carbocycles. The number of nitrogens with zero attached hydrogens (tertiary/aromatic N) is 3. The number of aromatic hydroxyl groups is 1. The fourth-order valence-electron chi connectivity index (χ4n) is 1.99. The van der Waals surface area contributed by atoms with Crippen molar-refractivity contribution in [1.82, 2.24) is 25.3 Å². The Labute approximate surface area is 134 Å². The number of imidazole rings is 1. The first-order valence-corrected chi connectivity index (χ1v) is 6.86. The Hall–Kier alpha value is -3.07. The van der Waals surface area contributed by atoms with Crippen LogP contribution >= 0.6 is 11.6 Å². The fraction of sp³-hybridized carbons (Fsp3) is 0.0769. The first-order chi connectivity index (χ1) is 10.9. The number of nitrogens with one attached hydrogen (secondary N) is 2. The number of benzene rings is 1. The molecule has 3 aromatic rings. The molecule has 1 amide bonds. The van der Waals surface area contributed by atoms with E-state index in [0.717, 1.165) is 0 Å². The van der Waals surface area contributed by atoms with Crippen molar-refractivity contribution in [3.8, 4) is 5.75 Å². The zero-order valence-electron chi connectivity index (χ0n) is 11.7. The first kappa shape index (κ1) is 14.9. The normalized spacial score (nSPS) is 10.8. The van der Waals surface area contributed by atoms with E-state index in [1.165, 1.54) is 12.1 Å². The van der Waals surface area contributed by atoms with Gasteiger partial charge in [-0.1, -0.05) is 11.6 Å². The van der Waals surface area contributed by atoms with Crippen molar-refractivity contribution in [2.24, 2.45) is 0 Å². The minimum Gasteiger partial charge on any atom is -0.508 e. The van der Waals surface area contributed by atoms with Crippen LogP contribution in [0.4, 0.5) is 11.6 Å². The Morgan fingerprint density at radius 3 is 2.83 bits per heavy atom. The maximum absolute atomic E-state index is 12.1. The number of amides is 1. The summed E-state index contributed by atoms with van der Waals surface area (Å²) in [4.78, 5) is 26.9. The van der Waals surface area contributed by atoms with Crippen molar-refractivity contribution in [1.29, 1.82) is 0 Å². The lowest BCUT2D eigenvalue weighted by Crippen LogP contribution is -2.26. The van der Waals surface area contributed by atoms with Crippen LogP contribution < -0.4 is 16.8 Å². The number of carbonyl (C=O) groups excluding carboxylic acids is 1. The Kier molecular flexibility index (Phi) is 3.62. The monoisotopic (exact) mass is 333 g/mol. The zero-order chi connectivity index (χ0) is 16.6. The van der Waals surface area contributed by atoms with Gasteiger partial charge in [0.05, 0.1) is 17.6 Å². The molecule has 0 unspecified atom stereocenters. The highest BCUT2D eigenvalue weighted by Gasteiger charge is 2.16. The third-order valence-electron chi connectivity index (χ3n) is 3.05. The minimum absolute atomic E-state index is 0.0437. The van der Waals surface area contributed by atoms with E-state index in [2.05, 4.69) is 25.3 Å². The molecular formula is C13H12ClN7O2. The molecular weight excluding hydrogens is 322 g/mol. The molecule has 0 radical (unpaired) electrons. The van der Waals surface area contributed by atoms with Crippen LogP contribution in [-0.2, 0) is 6.54 Å². The lowest BCUT2D eigenvalue weighted by molar-refractivity contribution is 0.0945. The molecule has 3 rings (SSSR count). The minimum atomic E-state index is -0.555. The maximum atomic E-state index is 12.1. The molecule has 0 spiro atoms. The molecule has 0 saturated heterocycles. The number of aromatic nitrogens is 4. The lowest BCUT2D eigenvalue weighted by Gasteiger charge is -2.06. The maximum Gasteiger partial charge on any atom is 0.274 e. The van der Waals surface area contributed by atoms with Gasteiger partial charge in [-0.2, -0.15) is 0 Å². The van der Waals surface area contributed by atoms with Crippen molar-refractivity contribution in [3.63, 3.8) is 0 Å². The lowest BCUT2D eigenvalue weighted by atomic mass is 10.3. The highest BCUT2D eigenvalue weighted by Crippen LogP contribution is 2.19. The second-order valence-electron chi connectivity index (χ2n) is 4.70. The van der Waals surface area contributed by atoms with Crippen LogP contribution in [0.25, 0.3) is 11.0 Å². The van der Waals surface area contributed by atoms with Crippen LogP contribution in [0.15, 0.2) is 18.2 Å². The van der Waals surface area contributed by atoms with E-state index in [9.17, 15) is 9.90 Å². The summed E-state index contributed by atoms with van der Waals surface area (Å²) in [5, 5.41) is 11.9. The molecule has 2 aromatic heterocycles. The van der Waals surface area contributed by atoms with Crippen LogP contribution in [0.3, 0.4) is 0 Å². The molecule has 0 atom stereocenters. The number of nitrogens with two attached hydrogens (primary N) is 2. The first-order valence-electron chi connectivity index (χ1n) is 6.48. The van der Waals surface area contributed by atoms with Gasteiger partial charge in [0, 0.05) is 6.07 Å². The van der Waals surface area contributed by atoms with Crippen LogP contribution in [0.2, 0.25) is 5.15 Å². The molecule has 7 N–H and O–H groups in total. The third-order valence-corrected chi connectivity index (χ3v) is 3.33. The summed E-state index contributed by atoms with van der Waals surface area (Å²) in [7, 11) is 0. The number of H-pyrrole nitrogens is 1. The van der Waals surface area contributed by atoms with Gasteiger partial charge in [0.25, 0.3) is 5.91 Å². The molecule has 0 fully saturated rings. The summed E-state index contributed by atoms with van der Waals surface area (Å²) in [5.41, 5.74) is 12.3. The Morgan fingerprint density at radius 1 is 1.26 bits per heavy atom. The van der Waals surface area contributed by atoms with Gasteiger partial charge >= 0.3 is 0 Å². The Morgan fingerprint density at radius 2 is 2.04 bits per heavy atom. The number of carbonyl (C=O) groups is 1. The molecule has 118 valence electrons. The molecule has 1 aromatic carbocycles. The molecule has 0 aliphatic carbocycles. The van der Waals surface area contributed by atoms with E-state index >= 15 is 0 Å². The van der Waals surface area contributed by atoms with Gasteiger partial charge in [0.15, 0.2) is 22.5 Å². The summed E-state index contributed by atoms with van der Waals surface area (Å²) in [6, 6.07) is 4.73. The highest BCUT2D eigenvalue weighted by molar-refractivity contribution is 6.31. The van der Waals surface area contributed by atoms with Crippen LogP contribution in [0.1, 0.15) is 16.3 Å². The van der Waals surface area contributed by atoms with E-state index in [0.29, 0.717) is 16.9 Å². The largest absolute Gasteiger partial charge is 0.508 e. The van der Waals surface area contributed by atoms with Crippen molar-refractivity contribution in [2.75, 3.05) is 11.5 Å². The van der Waals surface area contributed by atoms with Gasteiger partial charge in [-0.3, -0.25) is 4.79 Å². The zero-order valence-corrected chi connectivity index (χ0v) is 12.4. The molecule has 10 heteroatoms. The second kappa shape index (κ2) is 5.61. The van der Waals surface area contributed by atoms with Gasteiger partial charge in [-0.15, -0.1) is 0 Å². The number of fused-ring (bicyclic) bond motifs is 1. The van der Waals surface area contributed by atoms with Crippen molar-refractivity contribution >= 4 is 40.2 Å². The average Bonchev–Trinajstić information content (AvgIpc) is 2.90. The summed E-state index contributed by atoms with van der Waals surface area (Å²) in [6.45, 7) is 0.109.